The van der Waals surface area contributed by atoms with Crippen LogP contribution in [0, 0.1) is 0 Å². The van der Waals surface area contributed by atoms with E-state index in [1.807, 2.05) is 13.8 Å². The second kappa shape index (κ2) is 4.39. The highest BCUT2D eigenvalue weighted by Gasteiger charge is 2.33. The molecule has 0 unspecified atom stereocenters. The van der Waals surface area contributed by atoms with Gasteiger partial charge in [-0.25, -0.2) is 0 Å². The molecule has 0 heterocycles. The summed E-state index contributed by atoms with van der Waals surface area (Å²) in [6.07, 6.45) is -3.25. The third kappa shape index (κ3) is 4.05. The van der Waals surface area contributed by atoms with Crippen molar-refractivity contribution in [1.29, 1.82) is 0 Å². The van der Waals surface area contributed by atoms with Crippen molar-refractivity contribution >= 4 is 0 Å². The summed E-state index contributed by atoms with van der Waals surface area (Å²) in [5.41, 5.74) is -0.733. The van der Waals surface area contributed by atoms with Gasteiger partial charge in [-0.3, -0.25) is 0 Å². The molecule has 0 fully saturated rings. The number of allylic oxidation sites excluding steroid dienone is 1. The molecular formula is C8H15F3N2. The van der Waals surface area contributed by atoms with Crippen LogP contribution in [0.1, 0.15) is 13.8 Å². The van der Waals surface area contributed by atoms with Gasteiger partial charge in [0.15, 0.2) is 0 Å². The minimum Gasteiger partial charge on any atom is -0.383 e. The summed E-state index contributed by atoms with van der Waals surface area (Å²) < 4.78 is 36.6. The molecule has 78 valence electrons. The molecule has 0 spiro atoms. The second-order valence-corrected chi connectivity index (χ2v) is 3.05. The van der Waals surface area contributed by atoms with Crippen LogP contribution in [0.25, 0.3) is 0 Å². The van der Waals surface area contributed by atoms with E-state index in [9.17, 15) is 13.2 Å². The second-order valence-electron chi connectivity index (χ2n) is 3.05. The molecule has 0 aliphatic carbocycles. The third-order valence-electron chi connectivity index (χ3n) is 1.72. The van der Waals surface area contributed by atoms with E-state index in [-0.39, 0.29) is 6.04 Å². The predicted molar refractivity (Wildman–Crippen MR) is 46.1 cm³/mol. The standard InChI is InChI=1S/C8H15F3N2/c1-6(2)13(4)5-7(12-3)8(9,10)11/h5-6,12H,1-4H3/b7-5-. The van der Waals surface area contributed by atoms with Crippen LogP contribution in [-0.4, -0.2) is 31.2 Å². The largest absolute Gasteiger partial charge is 0.432 e. The van der Waals surface area contributed by atoms with Crippen LogP contribution in [0.15, 0.2) is 11.9 Å². The van der Waals surface area contributed by atoms with Crippen LogP contribution in [0.4, 0.5) is 13.2 Å². The normalized spacial score (nSPS) is 13.4. The fourth-order valence-corrected chi connectivity index (χ4v) is 0.632. The number of rotatable bonds is 3. The lowest BCUT2D eigenvalue weighted by Crippen LogP contribution is -2.29. The van der Waals surface area contributed by atoms with E-state index in [1.165, 1.54) is 11.9 Å². The third-order valence-corrected chi connectivity index (χ3v) is 1.72. The average Bonchev–Trinajstić information content (AvgIpc) is 1.96. The van der Waals surface area contributed by atoms with Gasteiger partial charge in [-0.2, -0.15) is 13.2 Å². The van der Waals surface area contributed by atoms with Crippen LogP contribution in [0.3, 0.4) is 0 Å². The monoisotopic (exact) mass is 196 g/mol. The Kier molecular flexibility index (Phi) is 4.10. The SMILES string of the molecule is CN/C(=C\N(C)C(C)C)C(F)(F)F. The first-order valence-electron chi connectivity index (χ1n) is 3.97. The molecular weight excluding hydrogens is 181 g/mol. The fraction of sp³-hybridized carbons (Fsp3) is 0.750. The summed E-state index contributed by atoms with van der Waals surface area (Å²) in [7, 11) is 2.86. The summed E-state index contributed by atoms with van der Waals surface area (Å²) in [5, 5.41) is 2.12. The van der Waals surface area contributed by atoms with E-state index in [2.05, 4.69) is 5.32 Å². The molecule has 0 amide bonds. The van der Waals surface area contributed by atoms with Crippen LogP contribution >= 0.6 is 0 Å². The Morgan fingerprint density at radius 3 is 2.08 bits per heavy atom. The minimum absolute atomic E-state index is 0.0469. The van der Waals surface area contributed by atoms with Gasteiger partial charge in [-0.05, 0) is 13.8 Å². The number of halogens is 3. The summed E-state index contributed by atoms with van der Waals surface area (Å²) in [6, 6.07) is 0.0469. The zero-order valence-electron chi connectivity index (χ0n) is 8.24. The Balaban J connectivity index is 4.57. The van der Waals surface area contributed by atoms with E-state index >= 15 is 0 Å². The number of nitrogens with one attached hydrogen (secondary N) is 1. The zero-order chi connectivity index (χ0) is 10.6. The summed E-state index contributed by atoms with van der Waals surface area (Å²) >= 11 is 0. The molecule has 1 N–H and O–H groups in total. The van der Waals surface area contributed by atoms with E-state index < -0.39 is 11.9 Å². The average molecular weight is 196 g/mol. The molecule has 0 aliphatic rings. The Morgan fingerprint density at radius 1 is 1.38 bits per heavy atom. The molecule has 0 atom stereocenters. The van der Waals surface area contributed by atoms with E-state index in [0.29, 0.717) is 0 Å². The van der Waals surface area contributed by atoms with Gasteiger partial charge >= 0.3 is 6.18 Å². The highest BCUT2D eigenvalue weighted by atomic mass is 19.4. The van der Waals surface area contributed by atoms with Gasteiger partial charge in [0.05, 0.1) is 0 Å². The van der Waals surface area contributed by atoms with Crippen molar-refractivity contribution in [3.05, 3.63) is 11.9 Å². The molecule has 0 saturated heterocycles. The van der Waals surface area contributed by atoms with Gasteiger partial charge in [-0.1, -0.05) is 0 Å². The number of hydrogen-bond donors (Lipinski definition) is 1. The number of nitrogens with zero attached hydrogens (tertiary/aromatic N) is 1. The molecule has 0 aromatic heterocycles. The lowest BCUT2D eigenvalue weighted by molar-refractivity contribution is -0.0972. The molecule has 0 rings (SSSR count). The van der Waals surface area contributed by atoms with Crippen molar-refractivity contribution in [2.75, 3.05) is 14.1 Å². The quantitative estimate of drug-likeness (QED) is 0.742. The van der Waals surface area contributed by atoms with E-state index in [0.717, 1.165) is 6.20 Å². The molecule has 0 aliphatic heterocycles. The van der Waals surface area contributed by atoms with Gasteiger partial charge in [0.1, 0.15) is 5.70 Å². The first-order valence-corrected chi connectivity index (χ1v) is 3.97. The summed E-state index contributed by atoms with van der Waals surface area (Å²) in [6.45, 7) is 3.64. The summed E-state index contributed by atoms with van der Waals surface area (Å²) in [5.74, 6) is 0. The van der Waals surface area contributed by atoms with Crippen molar-refractivity contribution < 1.29 is 13.2 Å². The van der Waals surface area contributed by atoms with Gasteiger partial charge < -0.3 is 10.2 Å². The zero-order valence-corrected chi connectivity index (χ0v) is 8.24. The maximum atomic E-state index is 12.2. The fourth-order valence-electron chi connectivity index (χ4n) is 0.632. The number of alkyl halides is 3. The summed E-state index contributed by atoms with van der Waals surface area (Å²) in [4.78, 5) is 1.50. The Morgan fingerprint density at radius 2 is 1.85 bits per heavy atom. The van der Waals surface area contributed by atoms with Crippen LogP contribution in [0.5, 0.6) is 0 Å². The molecule has 5 heteroatoms. The highest BCUT2D eigenvalue weighted by molar-refractivity contribution is 5.05. The molecule has 0 aromatic rings. The maximum absolute atomic E-state index is 12.2. The Labute approximate surface area is 76.4 Å². The molecule has 0 saturated carbocycles. The lowest BCUT2D eigenvalue weighted by atomic mass is 10.3. The van der Waals surface area contributed by atoms with Crippen molar-refractivity contribution in [2.24, 2.45) is 0 Å². The molecule has 0 radical (unpaired) electrons. The smallest absolute Gasteiger partial charge is 0.383 e. The van der Waals surface area contributed by atoms with Crippen molar-refractivity contribution in [2.45, 2.75) is 26.1 Å². The number of hydrogen-bond acceptors (Lipinski definition) is 2. The Bertz CT molecular complexity index is 184. The maximum Gasteiger partial charge on any atom is 0.432 e. The Hall–Kier alpha value is -0.870. The van der Waals surface area contributed by atoms with Crippen molar-refractivity contribution in [3.63, 3.8) is 0 Å². The van der Waals surface area contributed by atoms with Gasteiger partial charge in [0.25, 0.3) is 0 Å². The molecule has 2 nitrogen and oxygen atoms in total. The van der Waals surface area contributed by atoms with Crippen LogP contribution in [-0.2, 0) is 0 Å². The highest BCUT2D eigenvalue weighted by Crippen LogP contribution is 2.23. The first-order chi connectivity index (χ1) is 5.79. The van der Waals surface area contributed by atoms with E-state index in [1.54, 1.807) is 7.05 Å². The van der Waals surface area contributed by atoms with Crippen LogP contribution in [0.2, 0.25) is 0 Å². The van der Waals surface area contributed by atoms with Crippen molar-refractivity contribution in [1.82, 2.24) is 10.2 Å². The van der Waals surface area contributed by atoms with Gasteiger partial charge in [0, 0.05) is 26.3 Å². The van der Waals surface area contributed by atoms with E-state index in [4.69, 9.17) is 0 Å². The van der Waals surface area contributed by atoms with Gasteiger partial charge in [-0.15, -0.1) is 0 Å². The first kappa shape index (κ1) is 12.1. The molecule has 13 heavy (non-hydrogen) atoms. The lowest BCUT2D eigenvalue weighted by Gasteiger charge is -2.21. The van der Waals surface area contributed by atoms with Crippen LogP contribution < -0.4 is 5.32 Å². The predicted octanol–water partition coefficient (Wildman–Crippen LogP) is 1.95. The van der Waals surface area contributed by atoms with Crippen molar-refractivity contribution in [3.8, 4) is 0 Å². The molecule has 0 bridgehead atoms. The van der Waals surface area contributed by atoms with Gasteiger partial charge in [0.2, 0.25) is 0 Å². The minimum atomic E-state index is -4.31. The topological polar surface area (TPSA) is 15.3 Å². The molecule has 0 aromatic carbocycles.